The van der Waals surface area contributed by atoms with Gasteiger partial charge in [0.05, 0.1) is 11.9 Å². The first-order chi connectivity index (χ1) is 10.2. The lowest BCUT2D eigenvalue weighted by molar-refractivity contribution is 0.164. The van der Waals surface area contributed by atoms with Crippen molar-refractivity contribution in [2.75, 3.05) is 13.1 Å². The van der Waals surface area contributed by atoms with Gasteiger partial charge in [-0.1, -0.05) is 0 Å². The quantitative estimate of drug-likeness (QED) is 0.936. The summed E-state index contributed by atoms with van der Waals surface area (Å²) in [7, 11) is 0. The van der Waals surface area contributed by atoms with E-state index in [4.69, 9.17) is 0 Å². The number of H-pyrrole nitrogens is 1. The zero-order valence-corrected chi connectivity index (χ0v) is 12.8. The average molecular weight is 285 g/mol. The van der Waals surface area contributed by atoms with Crippen LogP contribution in [0.3, 0.4) is 0 Å². The summed E-state index contributed by atoms with van der Waals surface area (Å²) in [5.41, 5.74) is 3.69. The third-order valence-electron chi connectivity index (χ3n) is 4.25. The first-order valence-electron chi connectivity index (χ1n) is 7.70. The van der Waals surface area contributed by atoms with E-state index in [9.17, 15) is 0 Å². The topological polar surface area (TPSA) is 57.7 Å². The molecule has 2 aromatic heterocycles. The van der Waals surface area contributed by atoms with E-state index in [1.807, 2.05) is 25.4 Å². The van der Waals surface area contributed by atoms with E-state index in [0.717, 1.165) is 31.0 Å². The molecule has 0 aromatic carbocycles. The minimum atomic E-state index is 0.709. The molecular weight excluding hydrogens is 262 g/mol. The number of aryl methyl sites for hydroxylation is 2. The monoisotopic (exact) mass is 285 g/mol. The molecule has 5 heteroatoms. The lowest BCUT2D eigenvalue weighted by Gasteiger charge is -2.32. The van der Waals surface area contributed by atoms with Gasteiger partial charge >= 0.3 is 0 Å². The molecule has 1 unspecified atom stereocenters. The molecule has 1 atom stereocenters. The number of hydrogen-bond donors (Lipinski definition) is 1. The number of likely N-dealkylation sites (tertiary alicyclic amines) is 1. The maximum atomic E-state index is 4.51. The van der Waals surface area contributed by atoms with Crippen LogP contribution < -0.4 is 0 Å². The molecule has 3 heterocycles. The number of aromatic nitrogens is 4. The predicted octanol–water partition coefficient (Wildman–Crippen LogP) is 2.27. The summed E-state index contributed by atoms with van der Waals surface area (Å²) >= 11 is 0. The minimum Gasteiger partial charge on any atom is -0.297 e. The highest BCUT2D eigenvalue weighted by atomic mass is 15.1. The molecule has 1 saturated heterocycles. The van der Waals surface area contributed by atoms with Crippen molar-refractivity contribution in [1.29, 1.82) is 0 Å². The van der Waals surface area contributed by atoms with Gasteiger partial charge in [-0.2, -0.15) is 5.10 Å². The van der Waals surface area contributed by atoms with Gasteiger partial charge in [-0.05, 0) is 57.2 Å². The first kappa shape index (κ1) is 14.2. The maximum Gasteiger partial charge on any atom is 0.125 e. The van der Waals surface area contributed by atoms with Crippen molar-refractivity contribution < 1.29 is 0 Å². The van der Waals surface area contributed by atoms with Crippen LogP contribution in [0.5, 0.6) is 0 Å². The van der Waals surface area contributed by atoms with Crippen LogP contribution in [-0.4, -0.2) is 38.2 Å². The van der Waals surface area contributed by atoms with E-state index in [1.165, 1.54) is 30.6 Å². The summed E-state index contributed by atoms with van der Waals surface area (Å²) in [6.45, 7) is 7.32. The summed E-state index contributed by atoms with van der Waals surface area (Å²) in [6.07, 6.45) is 7.44. The van der Waals surface area contributed by atoms with Crippen LogP contribution in [0, 0.1) is 19.8 Å². The Hall–Kier alpha value is -1.75. The standard InChI is InChI=1S/C16H23N5/c1-12-9-18-20-16(12)8-14-4-3-7-21(10-14)11-15-5-6-17-13(2)19-15/h5-6,9,14H,3-4,7-8,10-11H2,1-2H3,(H,18,20). The second-order valence-corrected chi connectivity index (χ2v) is 6.07. The number of nitrogens with one attached hydrogen (secondary N) is 1. The van der Waals surface area contributed by atoms with Crippen molar-refractivity contribution in [3.63, 3.8) is 0 Å². The molecule has 0 saturated carbocycles. The van der Waals surface area contributed by atoms with Gasteiger partial charge in [-0.15, -0.1) is 0 Å². The molecule has 2 aromatic rings. The fourth-order valence-electron chi connectivity index (χ4n) is 3.15. The fourth-order valence-corrected chi connectivity index (χ4v) is 3.15. The zero-order chi connectivity index (χ0) is 14.7. The van der Waals surface area contributed by atoms with Gasteiger partial charge in [0.1, 0.15) is 5.82 Å². The Morgan fingerprint density at radius 1 is 1.38 bits per heavy atom. The summed E-state index contributed by atoms with van der Waals surface area (Å²) in [5, 5.41) is 7.26. The van der Waals surface area contributed by atoms with Crippen molar-refractivity contribution in [3.8, 4) is 0 Å². The summed E-state index contributed by atoms with van der Waals surface area (Å²) in [4.78, 5) is 11.2. The molecule has 21 heavy (non-hydrogen) atoms. The molecule has 1 aliphatic heterocycles. The molecule has 0 radical (unpaired) electrons. The Labute approximate surface area is 125 Å². The highest BCUT2D eigenvalue weighted by molar-refractivity contribution is 5.14. The van der Waals surface area contributed by atoms with Crippen LogP contribution in [0.2, 0.25) is 0 Å². The van der Waals surface area contributed by atoms with E-state index < -0.39 is 0 Å². The molecule has 1 fully saturated rings. The molecule has 0 aliphatic carbocycles. The van der Waals surface area contributed by atoms with Crippen LogP contribution in [0.1, 0.15) is 35.6 Å². The number of piperidine rings is 1. The SMILES string of the molecule is Cc1nccc(CN2CCCC(Cc3[nH]ncc3C)C2)n1. The van der Waals surface area contributed by atoms with Gasteiger partial charge in [0.2, 0.25) is 0 Å². The van der Waals surface area contributed by atoms with E-state index >= 15 is 0 Å². The molecular formula is C16H23N5. The van der Waals surface area contributed by atoms with Crippen molar-refractivity contribution >= 4 is 0 Å². The Morgan fingerprint density at radius 3 is 3.05 bits per heavy atom. The second kappa shape index (κ2) is 6.35. The zero-order valence-electron chi connectivity index (χ0n) is 12.8. The van der Waals surface area contributed by atoms with Gasteiger partial charge in [-0.3, -0.25) is 10.00 Å². The van der Waals surface area contributed by atoms with Crippen molar-refractivity contribution in [2.45, 2.75) is 39.7 Å². The highest BCUT2D eigenvalue weighted by Gasteiger charge is 2.21. The van der Waals surface area contributed by atoms with Crippen molar-refractivity contribution in [2.24, 2.45) is 5.92 Å². The molecule has 1 N–H and O–H groups in total. The van der Waals surface area contributed by atoms with E-state index in [2.05, 4.69) is 32.0 Å². The van der Waals surface area contributed by atoms with E-state index in [0.29, 0.717) is 5.92 Å². The Morgan fingerprint density at radius 2 is 2.29 bits per heavy atom. The second-order valence-electron chi connectivity index (χ2n) is 6.07. The largest absolute Gasteiger partial charge is 0.297 e. The lowest BCUT2D eigenvalue weighted by atomic mass is 9.92. The maximum absolute atomic E-state index is 4.51. The summed E-state index contributed by atoms with van der Waals surface area (Å²) < 4.78 is 0. The molecule has 0 bridgehead atoms. The highest BCUT2D eigenvalue weighted by Crippen LogP contribution is 2.22. The van der Waals surface area contributed by atoms with E-state index in [-0.39, 0.29) is 0 Å². The molecule has 112 valence electrons. The summed E-state index contributed by atoms with van der Waals surface area (Å²) in [6, 6.07) is 2.02. The summed E-state index contributed by atoms with van der Waals surface area (Å²) in [5.74, 6) is 1.56. The Balaban J connectivity index is 1.59. The van der Waals surface area contributed by atoms with Crippen LogP contribution in [0.25, 0.3) is 0 Å². The van der Waals surface area contributed by atoms with Gasteiger partial charge in [0.15, 0.2) is 0 Å². The number of nitrogens with zero attached hydrogens (tertiary/aromatic N) is 4. The van der Waals surface area contributed by atoms with Crippen LogP contribution in [0.4, 0.5) is 0 Å². The Bertz CT molecular complexity index is 592. The van der Waals surface area contributed by atoms with Crippen LogP contribution >= 0.6 is 0 Å². The van der Waals surface area contributed by atoms with Crippen LogP contribution in [-0.2, 0) is 13.0 Å². The molecule has 0 spiro atoms. The molecule has 0 amide bonds. The normalized spacial score (nSPS) is 19.8. The predicted molar refractivity (Wildman–Crippen MR) is 81.8 cm³/mol. The van der Waals surface area contributed by atoms with Crippen molar-refractivity contribution in [1.82, 2.24) is 25.1 Å². The number of rotatable bonds is 4. The van der Waals surface area contributed by atoms with Crippen molar-refractivity contribution in [3.05, 3.63) is 41.2 Å². The van der Waals surface area contributed by atoms with Gasteiger partial charge < -0.3 is 0 Å². The van der Waals surface area contributed by atoms with Gasteiger partial charge in [-0.25, -0.2) is 9.97 Å². The van der Waals surface area contributed by atoms with Gasteiger partial charge in [0.25, 0.3) is 0 Å². The average Bonchev–Trinajstić information content (AvgIpc) is 2.85. The smallest absolute Gasteiger partial charge is 0.125 e. The lowest BCUT2D eigenvalue weighted by Crippen LogP contribution is -2.36. The minimum absolute atomic E-state index is 0.709. The third-order valence-corrected chi connectivity index (χ3v) is 4.25. The molecule has 5 nitrogen and oxygen atoms in total. The van der Waals surface area contributed by atoms with Crippen LogP contribution in [0.15, 0.2) is 18.5 Å². The Kier molecular flexibility index (Phi) is 4.29. The molecule has 3 rings (SSSR count). The van der Waals surface area contributed by atoms with Gasteiger partial charge in [0, 0.05) is 25.0 Å². The molecule has 1 aliphatic rings. The fraction of sp³-hybridized carbons (Fsp3) is 0.562. The third kappa shape index (κ3) is 3.67. The van der Waals surface area contributed by atoms with E-state index in [1.54, 1.807) is 0 Å². The number of aromatic amines is 1. The first-order valence-corrected chi connectivity index (χ1v) is 7.70. The number of hydrogen-bond acceptors (Lipinski definition) is 4.